The summed E-state index contributed by atoms with van der Waals surface area (Å²) in [5.41, 5.74) is 1.52. The maximum Gasteiger partial charge on any atom is 0.234 e. The second-order valence-electron chi connectivity index (χ2n) is 5.09. The van der Waals surface area contributed by atoms with Crippen LogP contribution in [0.3, 0.4) is 0 Å². The Hall–Kier alpha value is -1.46. The lowest BCUT2D eigenvalue weighted by Crippen LogP contribution is -2.57. The predicted molar refractivity (Wildman–Crippen MR) is 72.3 cm³/mol. The van der Waals surface area contributed by atoms with Gasteiger partial charge in [0.1, 0.15) is 5.82 Å². The Bertz CT molecular complexity index is 460. The maximum atomic E-state index is 13.1. The number of hydrogen-bond donors (Lipinski definition) is 2. The molecule has 1 aromatic carbocycles. The van der Waals surface area contributed by atoms with Crippen molar-refractivity contribution in [2.24, 2.45) is 0 Å². The Labute approximate surface area is 113 Å². The van der Waals surface area contributed by atoms with E-state index in [2.05, 4.69) is 10.6 Å². The third kappa shape index (κ3) is 3.75. The largest absolute Gasteiger partial charge is 0.351 e. The first-order valence-electron chi connectivity index (χ1n) is 6.49. The molecule has 0 aromatic heterocycles. The van der Waals surface area contributed by atoms with Crippen molar-refractivity contribution in [3.8, 4) is 0 Å². The number of carbonyl (C=O) groups is 1. The van der Waals surface area contributed by atoms with Crippen LogP contribution in [0.4, 0.5) is 4.39 Å². The van der Waals surface area contributed by atoms with Crippen molar-refractivity contribution in [1.82, 2.24) is 15.5 Å². The van der Waals surface area contributed by atoms with Crippen LogP contribution < -0.4 is 10.6 Å². The number of likely N-dealkylation sites (N-methyl/N-ethyl adjacent to an activating group) is 1. The Morgan fingerprint density at radius 3 is 2.84 bits per heavy atom. The molecule has 1 aromatic rings. The fraction of sp³-hybridized carbons (Fsp3) is 0.500. The van der Waals surface area contributed by atoms with Gasteiger partial charge < -0.3 is 10.6 Å². The van der Waals surface area contributed by atoms with Crippen molar-refractivity contribution < 1.29 is 9.18 Å². The highest BCUT2D eigenvalue weighted by Crippen LogP contribution is 2.09. The summed E-state index contributed by atoms with van der Waals surface area (Å²) in [6.07, 6.45) is 0. The molecule has 2 rings (SSSR count). The lowest BCUT2D eigenvalue weighted by Gasteiger charge is -2.35. The van der Waals surface area contributed by atoms with Crippen LogP contribution in [0.25, 0.3) is 0 Å². The minimum atomic E-state index is -0.215. The van der Waals surface area contributed by atoms with Crippen molar-refractivity contribution in [3.63, 3.8) is 0 Å². The molecule has 4 nitrogen and oxygen atoms in total. The van der Waals surface area contributed by atoms with Gasteiger partial charge in [-0.05, 0) is 31.2 Å². The van der Waals surface area contributed by atoms with E-state index in [0.717, 1.165) is 18.7 Å². The second-order valence-corrected chi connectivity index (χ2v) is 5.09. The molecule has 1 fully saturated rings. The fourth-order valence-corrected chi connectivity index (χ4v) is 2.01. The first-order valence-corrected chi connectivity index (χ1v) is 6.49. The average molecular weight is 265 g/mol. The molecule has 104 valence electrons. The van der Waals surface area contributed by atoms with Crippen molar-refractivity contribution >= 4 is 5.91 Å². The van der Waals surface area contributed by atoms with Crippen LogP contribution in [-0.2, 0) is 11.3 Å². The molecule has 0 radical (unpaired) electrons. The van der Waals surface area contributed by atoms with E-state index in [0.29, 0.717) is 24.7 Å². The number of rotatable bonds is 5. The quantitative estimate of drug-likeness (QED) is 0.822. The Balaban J connectivity index is 1.77. The van der Waals surface area contributed by atoms with Crippen LogP contribution in [0, 0.1) is 12.7 Å². The van der Waals surface area contributed by atoms with Crippen molar-refractivity contribution in [2.75, 3.05) is 26.7 Å². The van der Waals surface area contributed by atoms with E-state index in [-0.39, 0.29) is 11.7 Å². The SMILES string of the molecule is Cc1cc(CNC(=O)CN(C)C2CNC2)ccc1F. The van der Waals surface area contributed by atoms with Gasteiger partial charge in [0.05, 0.1) is 6.54 Å². The number of benzene rings is 1. The lowest BCUT2D eigenvalue weighted by atomic mass is 10.1. The van der Waals surface area contributed by atoms with Gasteiger partial charge in [0, 0.05) is 25.7 Å². The van der Waals surface area contributed by atoms with Crippen LogP contribution in [0.2, 0.25) is 0 Å². The minimum absolute atomic E-state index is 0.00335. The van der Waals surface area contributed by atoms with E-state index >= 15 is 0 Å². The molecule has 19 heavy (non-hydrogen) atoms. The zero-order valence-corrected chi connectivity index (χ0v) is 11.4. The summed E-state index contributed by atoms with van der Waals surface area (Å²) in [6, 6.07) is 5.35. The molecule has 2 N–H and O–H groups in total. The van der Waals surface area contributed by atoms with Crippen LogP contribution in [-0.4, -0.2) is 43.5 Å². The number of carbonyl (C=O) groups excluding carboxylic acids is 1. The van der Waals surface area contributed by atoms with E-state index in [1.807, 2.05) is 11.9 Å². The van der Waals surface area contributed by atoms with Gasteiger partial charge in [0.2, 0.25) is 5.91 Å². The van der Waals surface area contributed by atoms with Gasteiger partial charge >= 0.3 is 0 Å². The summed E-state index contributed by atoms with van der Waals surface area (Å²) < 4.78 is 13.1. The molecule has 1 amide bonds. The molecular weight excluding hydrogens is 245 g/mol. The number of hydrogen-bond acceptors (Lipinski definition) is 3. The molecule has 1 saturated heterocycles. The average Bonchev–Trinajstić information content (AvgIpc) is 2.28. The van der Waals surface area contributed by atoms with Gasteiger partial charge in [-0.2, -0.15) is 0 Å². The normalized spacial score (nSPS) is 15.4. The third-order valence-corrected chi connectivity index (χ3v) is 3.49. The molecule has 1 aliphatic heterocycles. The molecule has 1 heterocycles. The first kappa shape index (κ1) is 14.0. The van der Waals surface area contributed by atoms with Crippen LogP contribution in [0.5, 0.6) is 0 Å². The molecule has 5 heteroatoms. The van der Waals surface area contributed by atoms with Crippen molar-refractivity contribution in [2.45, 2.75) is 19.5 Å². The van der Waals surface area contributed by atoms with Crippen molar-refractivity contribution in [3.05, 3.63) is 35.1 Å². The Morgan fingerprint density at radius 1 is 1.53 bits per heavy atom. The highest BCUT2D eigenvalue weighted by Gasteiger charge is 2.22. The lowest BCUT2D eigenvalue weighted by molar-refractivity contribution is -0.122. The van der Waals surface area contributed by atoms with Gasteiger partial charge in [-0.15, -0.1) is 0 Å². The summed E-state index contributed by atoms with van der Waals surface area (Å²) in [7, 11) is 1.95. The first-order chi connectivity index (χ1) is 9.06. The zero-order chi connectivity index (χ0) is 13.8. The molecule has 1 aliphatic rings. The van der Waals surface area contributed by atoms with Crippen LogP contribution in [0.1, 0.15) is 11.1 Å². The highest BCUT2D eigenvalue weighted by atomic mass is 19.1. The van der Waals surface area contributed by atoms with Gasteiger partial charge in [0.25, 0.3) is 0 Å². The number of aryl methyl sites for hydroxylation is 1. The zero-order valence-electron chi connectivity index (χ0n) is 11.4. The molecule has 0 atom stereocenters. The van der Waals surface area contributed by atoms with E-state index in [9.17, 15) is 9.18 Å². The standard InChI is InChI=1S/C14H20FN3O/c1-10-5-11(3-4-13(10)15)6-17-14(19)9-18(2)12-7-16-8-12/h3-5,12,16H,6-9H2,1-2H3,(H,17,19). The number of nitrogens with zero attached hydrogens (tertiary/aromatic N) is 1. The molecule has 0 spiro atoms. The number of halogens is 1. The molecule has 0 aliphatic carbocycles. The number of amides is 1. The van der Waals surface area contributed by atoms with E-state index in [1.165, 1.54) is 6.07 Å². The van der Waals surface area contributed by atoms with Gasteiger partial charge in [0.15, 0.2) is 0 Å². The third-order valence-electron chi connectivity index (χ3n) is 3.49. The smallest absolute Gasteiger partial charge is 0.234 e. The minimum Gasteiger partial charge on any atom is -0.351 e. The molecule has 0 bridgehead atoms. The Morgan fingerprint density at radius 2 is 2.26 bits per heavy atom. The summed E-state index contributed by atoms with van der Waals surface area (Å²) in [5, 5.41) is 6.03. The van der Waals surface area contributed by atoms with Crippen molar-refractivity contribution in [1.29, 1.82) is 0 Å². The van der Waals surface area contributed by atoms with Gasteiger partial charge in [-0.1, -0.05) is 12.1 Å². The molecule has 0 saturated carbocycles. The van der Waals surface area contributed by atoms with E-state index < -0.39 is 0 Å². The summed E-state index contributed by atoms with van der Waals surface area (Å²) in [5.74, 6) is -0.219. The number of nitrogens with one attached hydrogen (secondary N) is 2. The molecular formula is C14H20FN3O. The summed E-state index contributed by atoms with van der Waals surface area (Å²) >= 11 is 0. The maximum absolute atomic E-state index is 13.1. The summed E-state index contributed by atoms with van der Waals surface area (Å²) in [4.78, 5) is 13.8. The van der Waals surface area contributed by atoms with E-state index in [4.69, 9.17) is 0 Å². The van der Waals surface area contributed by atoms with E-state index in [1.54, 1.807) is 19.1 Å². The molecule has 0 unspecified atom stereocenters. The van der Waals surface area contributed by atoms with Crippen LogP contribution in [0.15, 0.2) is 18.2 Å². The monoisotopic (exact) mass is 265 g/mol. The second kappa shape index (κ2) is 6.12. The van der Waals surface area contributed by atoms with Crippen LogP contribution >= 0.6 is 0 Å². The topological polar surface area (TPSA) is 44.4 Å². The highest BCUT2D eigenvalue weighted by molar-refractivity contribution is 5.78. The fourth-order valence-electron chi connectivity index (χ4n) is 2.01. The summed E-state index contributed by atoms with van der Waals surface area (Å²) in [6.45, 7) is 4.45. The predicted octanol–water partition coefficient (Wildman–Crippen LogP) is 0.654. The Kier molecular flexibility index (Phi) is 4.50. The van der Waals surface area contributed by atoms with Gasteiger partial charge in [-0.3, -0.25) is 9.69 Å². The van der Waals surface area contributed by atoms with Gasteiger partial charge in [-0.25, -0.2) is 4.39 Å².